The van der Waals surface area contributed by atoms with Crippen molar-refractivity contribution in [2.45, 2.75) is 6.54 Å². The van der Waals surface area contributed by atoms with E-state index in [-0.39, 0.29) is 0 Å². The normalized spacial score (nSPS) is 10.4. The molecule has 0 saturated heterocycles. The first kappa shape index (κ1) is 15.4. The molecule has 106 valence electrons. The maximum atomic E-state index is 6.00. The molecule has 1 N–H and O–H groups in total. The van der Waals surface area contributed by atoms with E-state index in [9.17, 15) is 0 Å². The third kappa shape index (κ3) is 3.53. The summed E-state index contributed by atoms with van der Waals surface area (Å²) in [5, 5.41) is 3.13. The molecule has 0 bridgehead atoms. The average Bonchev–Trinajstić information content (AvgIpc) is 2.45. The van der Waals surface area contributed by atoms with Crippen molar-refractivity contribution >= 4 is 31.9 Å². The highest BCUT2D eigenvalue weighted by Gasteiger charge is 2.11. The van der Waals surface area contributed by atoms with Gasteiger partial charge in [-0.3, -0.25) is 0 Å². The van der Waals surface area contributed by atoms with Gasteiger partial charge in [0.2, 0.25) is 0 Å². The van der Waals surface area contributed by atoms with Gasteiger partial charge in [0.05, 0.1) is 16.1 Å². The smallest absolute Gasteiger partial charge is 0.143 e. The van der Waals surface area contributed by atoms with Crippen molar-refractivity contribution in [1.29, 1.82) is 0 Å². The van der Waals surface area contributed by atoms with Gasteiger partial charge in [0.1, 0.15) is 17.2 Å². The van der Waals surface area contributed by atoms with Crippen molar-refractivity contribution < 1.29 is 9.47 Å². The Morgan fingerprint density at radius 2 is 1.65 bits per heavy atom. The van der Waals surface area contributed by atoms with Gasteiger partial charge in [0, 0.05) is 12.1 Å². The van der Waals surface area contributed by atoms with Gasteiger partial charge < -0.3 is 14.8 Å². The van der Waals surface area contributed by atoms with E-state index in [2.05, 4.69) is 37.2 Å². The number of methoxy groups -OCH3 is 1. The highest BCUT2D eigenvalue weighted by molar-refractivity contribution is 9.11. The van der Waals surface area contributed by atoms with Gasteiger partial charge in [-0.1, -0.05) is 18.2 Å². The molecule has 0 unspecified atom stereocenters. The van der Waals surface area contributed by atoms with Crippen LogP contribution in [0.3, 0.4) is 0 Å². The topological polar surface area (TPSA) is 30.5 Å². The largest absolute Gasteiger partial charge is 0.496 e. The second kappa shape index (κ2) is 7.11. The van der Waals surface area contributed by atoms with E-state index in [0.29, 0.717) is 0 Å². The van der Waals surface area contributed by atoms with E-state index in [1.54, 1.807) is 7.11 Å². The summed E-state index contributed by atoms with van der Waals surface area (Å²) in [6.07, 6.45) is 0. The maximum absolute atomic E-state index is 6.00. The number of rotatable bonds is 5. The summed E-state index contributed by atoms with van der Waals surface area (Å²) in [6.45, 7) is 0.755. The van der Waals surface area contributed by atoms with Gasteiger partial charge >= 0.3 is 0 Å². The van der Waals surface area contributed by atoms with Crippen molar-refractivity contribution in [1.82, 2.24) is 5.32 Å². The molecule has 0 spiro atoms. The number of para-hydroxylation sites is 1. The Hall–Kier alpha value is -1.04. The summed E-state index contributed by atoms with van der Waals surface area (Å²) >= 11 is 6.97. The summed E-state index contributed by atoms with van der Waals surface area (Å²) in [7, 11) is 3.55. The molecular weight excluding hydrogens is 386 g/mol. The van der Waals surface area contributed by atoms with E-state index in [0.717, 1.165) is 38.3 Å². The SMILES string of the molecule is CNCc1ccccc1Oc1cc(Br)c(OC)cc1Br. The molecule has 0 aliphatic rings. The molecular formula is C15H15Br2NO2. The lowest BCUT2D eigenvalue weighted by Gasteiger charge is -2.13. The second-order valence-corrected chi connectivity index (χ2v) is 5.87. The number of benzene rings is 2. The predicted octanol–water partition coefficient (Wildman–Crippen LogP) is 4.73. The first-order valence-corrected chi connectivity index (χ1v) is 7.67. The van der Waals surface area contributed by atoms with Gasteiger partial charge in [-0.05, 0) is 57.1 Å². The van der Waals surface area contributed by atoms with Crippen molar-refractivity contribution in [3.63, 3.8) is 0 Å². The van der Waals surface area contributed by atoms with Gasteiger partial charge in [-0.15, -0.1) is 0 Å². The lowest BCUT2D eigenvalue weighted by atomic mass is 10.2. The van der Waals surface area contributed by atoms with Crippen LogP contribution in [0.4, 0.5) is 0 Å². The molecule has 0 aromatic heterocycles. The monoisotopic (exact) mass is 399 g/mol. The van der Waals surface area contributed by atoms with Crippen LogP contribution in [0.15, 0.2) is 45.3 Å². The summed E-state index contributed by atoms with van der Waals surface area (Å²) < 4.78 is 12.9. The maximum Gasteiger partial charge on any atom is 0.143 e. The van der Waals surface area contributed by atoms with Crippen LogP contribution in [0.2, 0.25) is 0 Å². The lowest BCUT2D eigenvalue weighted by Crippen LogP contribution is -2.06. The van der Waals surface area contributed by atoms with Crippen LogP contribution < -0.4 is 14.8 Å². The fraction of sp³-hybridized carbons (Fsp3) is 0.200. The molecule has 2 aromatic rings. The molecule has 0 aliphatic heterocycles. The molecule has 3 nitrogen and oxygen atoms in total. The van der Waals surface area contributed by atoms with Gasteiger partial charge in [-0.25, -0.2) is 0 Å². The molecule has 5 heteroatoms. The van der Waals surface area contributed by atoms with Gasteiger partial charge in [0.25, 0.3) is 0 Å². The highest BCUT2D eigenvalue weighted by atomic mass is 79.9. The minimum absolute atomic E-state index is 0.737. The molecule has 0 heterocycles. The Morgan fingerprint density at radius 3 is 2.35 bits per heavy atom. The van der Waals surface area contributed by atoms with Crippen molar-refractivity contribution in [2.75, 3.05) is 14.2 Å². The van der Waals surface area contributed by atoms with Crippen LogP contribution in [-0.4, -0.2) is 14.2 Å². The minimum Gasteiger partial charge on any atom is -0.496 e. The van der Waals surface area contributed by atoms with Gasteiger partial charge in [0.15, 0.2) is 0 Å². The molecule has 0 amide bonds. The van der Waals surface area contributed by atoms with E-state index >= 15 is 0 Å². The minimum atomic E-state index is 0.737. The third-order valence-corrected chi connectivity index (χ3v) is 4.01. The molecule has 20 heavy (non-hydrogen) atoms. The Balaban J connectivity index is 2.33. The predicted molar refractivity (Wildman–Crippen MR) is 87.7 cm³/mol. The third-order valence-electron chi connectivity index (χ3n) is 2.77. The Morgan fingerprint density at radius 1 is 1.00 bits per heavy atom. The molecule has 0 atom stereocenters. The first-order valence-electron chi connectivity index (χ1n) is 6.09. The van der Waals surface area contributed by atoms with Crippen LogP contribution in [0.1, 0.15) is 5.56 Å². The average molecular weight is 401 g/mol. The Bertz CT molecular complexity index is 602. The number of ether oxygens (including phenoxy) is 2. The Labute approximate surface area is 135 Å². The summed E-state index contributed by atoms with van der Waals surface area (Å²) in [6, 6.07) is 11.7. The van der Waals surface area contributed by atoms with Crippen LogP contribution in [0.25, 0.3) is 0 Å². The fourth-order valence-electron chi connectivity index (χ4n) is 1.80. The number of halogens is 2. The lowest BCUT2D eigenvalue weighted by molar-refractivity contribution is 0.409. The van der Waals surface area contributed by atoms with Gasteiger partial charge in [-0.2, -0.15) is 0 Å². The molecule has 0 aliphatic carbocycles. The molecule has 2 rings (SSSR count). The standard InChI is InChI=1S/C15H15Br2NO2/c1-18-9-10-5-3-4-6-13(10)20-15-8-11(16)14(19-2)7-12(15)17/h3-8,18H,9H2,1-2H3. The summed E-state index contributed by atoms with van der Waals surface area (Å²) in [4.78, 5) is 0. The van der Waals surface area contributed by atoms with Crippen LogP contribution in [0, 0.1) is 0 Å². The summed E-state index contributed by atoms with van der Waals surface area (Å²) in [5.74, 6) is 2.33. The molecule has 0 radical (unpaired) electrons. The van der Waals surface area contributed by atoms with Crippen LogP contribution in [-0.2, 0) is 6.54 Å². The van der Waals surface area contributed by atoms with E-state index < -0.39 is 0 Å². The first-order chi connectivity index (χ1) is 9.65. The molecule has 2 aromatic carbocycles. The quantitative estimate of drug-likeness (QED) is 0.786. The zero-order valence-electron chi connectivity index (χ0n) is 11.2. The second-order valence-electron chi connectivity index (χ2n) is 4.16. The zero-order chi connectivity index (χ0) is 14.5. The fourth-order valence-corrected chi connectivity index (χ4v) is 2.69. The molecule has 0 fully saturated rings. The van der Waals surface area contributed by atoms with E-state index in [1.807, 2.05) is 43.4 Å². The van der Waals surface area contributed by atoms with Crippen molar-refractivity contribution in [3.05, 3.63) is 50.9 Å². The number of nitrogens with one attached hydrogen (secondary N) is 1. The number of hydrogen-bond donors (Lipinski definition) is 1. The Kier molecular flexibility index (Phi) is 5.46. The van der Waals surface area contributed by atoms with Crippen molar-refractivity contribution in [3.8, 4) is 17.2 Å². The highest BCUT2D eigenvalue weighted by Crippen LogP contribution is 2.38. The van der Waals surface area contributed by atoms with Crippen molar-refractivity contribution in [2.24, 2.45) is 0 Å². The summed E-state index contributed by atoms with van der Waals surface area (Å²) in [5.41, 5.74) is 1.11. The van der Waals surface area contributed by atoms with E-state index in [4.69, 9.17) is 9.47 Å². The van der Waals surface area contributed by atoms with Crippen LogP contribution >= 0.6 is 31.9 Å². The van der Waals surface area contributed by atoms with E-state index in [1.165, 1.54) is 0 Å². The number of hydrogen-bond acceptors (Lipinski definition) is 3. The zero-order valence-corrected chi connectivity index (χ0v) is 14.4. The molecule has 0 saturated carbocycles. The van der Waals surface area contributed by atoms with Crippen LogP contribution in [0.5, 0.6) is 17.2 Å².